The molecule has 1 amide bonds. The fraction of sp³-hybridized carbons (Fsp3) is 0.316. The second kappa shape index (κ2) is 8.64. The molecule has 1 N–H and O–H groups in total. The largest absolute Gasteiger partial charge is 0.325 e. The van der Waals surface area contributed by atoms with Crippen molar-refractivity contribution in [3.8, 4) is 0 Å². The van der Waals surface area contributed by atoms with Gasteiger partial charge < -0.3 is 5.32 Å². The molecule has 0 radical (unpaired) electrons. The average molecular weight is 313 g/mol. The summed E-state index contributed by atoms with van der Waals surface area (Å²) in [5, 5.41) is 2.95. The first-order valence-electron chi connectivity index (χ1n) is 7.70. The van der Waals surface area contributed by atoms with E-state index in [-0.39, 0.29) is 5.91 Å². The van der Waals surface area contributed by atoms with Crippen LogP contribution in [0.2, 0.25) is 0 Å². The average Bonchev–Trinajstić information content (AvgIpc) is 2.56. The zero-order chi connectivity index (χ0) is 15.8. The van der Waals surface area contributed by atoms with Crippen LogP contribution in [-0.2, 0) is 10.5 Å². The van der Waals surface area contributed by atoms with Crippen molar-refractivity contribution in [2.45, 2.75) is 31.9 Å². The molecule has 116 valence electrons. The number of rotatable bonds is 7. The van der Waals surface area contributed by atoms with E-state index in [0.29, 0.717) is 11.7 Å². The maximum Gasteiger partial charge on any atom is 0.234 e. The van der Waals surface area contributed by atoms with Gasteiger partial charge in [0.25, 0.3) is 0 Å². The molecule has 22 heavy (non-hydrogen) atoms. The lowest BCUT2D eigenvalue weighted by atomic mass is 9.99. The number of hydrogen-bond acceptors (Lipinski definition) is 2. The number of hydrogen-bond donors (Lipinski definition) is 1. The van der Waals surface area contributed by atoms with Gasteiger partial charge in [-0.15, -0.1) is 11.8 Å². The number of amides is 1. The van der Waals surface area contributed by atoms with Crippen LogP contribution >= 0.6 is 11.8 Å². The van der Waals surface area contributed by atoms with Crippen LogP contribution in [0.25, 0.3) is 0 Å². The van der Waals surface area contributed by atoms with Crippen LogP contribution in [0.5, 0.6) is 0 Å². The Morgan fingerprint density at radius 3 is 2.41 bits per heavy atom. The van der Waals surface area contributed by atoms with Gasteiger partial charge in [-0.1, -0.05) is 56.3 Å². The smallest absolute Gasteiger partial charge is 0.234 e. The molecular weight excluding hydrogens is 290 g/mol. The summed E-state index contributed by atoms with van der Waals surface area (Å²) in [4.78, 5) is 11.9. The predicted molar refractivity (Wildman–Crippen MR) is 96.4 cm³/mol. The topological polar surface area (TPSA) is 29.1 Å². The minimum Gasteiger partial charge on any atom is -0.325 e. The lowest BCUT2D eigenvalue weighted by Crippen LogP contribution is -2.14. The zero-order valence-electron chi connectivity index (χ0n) is 13.2. The highest BCUT2D eigenvalue weighted by molar-refractivity contribution is 7.99. The summed E-state index contributed by atoms with van der Waals surface area (Å²) in [6.07, 6.45) is 1.13. The van der Waals surface area contributed by atoms with Crippen molar-refractivity contribution >= 4 is 23.4 Å². The van der Waals surface area contributed by atoms with Gasteiger partial charge in [-0.05, 0) is 35.6 Å². The van der Waals surface area contributed by atoms with Gasteiger partial charge in [-0.2, -0.15) is 0 Å². The standard InChI is InChI=1S/C19H23NOS/c1-3-15(2)17-9-11-18(12-10-17)20-19(21)14-22-13-16-7-5-4-6-8-16/h4-12,15H,3,13-14H2,1-2H3,(H,20,21). The van der Waals surface area contributed by atoms with E-state index in [2.05, 4.69) is 43.4 Å². The van der Waals surface area contributed by atoms with E-state index < -0.39 is 0 Å². The van der Waals surface area contributed by atoms with Crippen molar-refractivity contribution in [3.05, 3.63) is 65.7 Å². The third-order valence-electron chi connectivity index (χ3n) is 3.72. The Labute approximate surface area is 137 Å². The Hall–Kier alpha value is -1.74. The summed E-state index contributed by atoms with van der Waals surface area (Å²) in [5.41, 5.74) is 3.44. The quantitative estimate of drug-likeness (QED) is 0.773. The lowest BCUT2D eigenvalue weighted by Gasteiger charge is -2.10. The molecular formula is C19H23NOS. The predicted octanol–water partition coefficient (Wildman–Crippen LogP) is 5.07. The van der Waals surface area contributed by atoms with Gasteiger partial charge in [0.1, 0.15) is 0 Å². The van der Waals surface area contributed by atoms with Crippen LogP contribution in [0.15, 0.2) is 54.6 Å². The van der Waals surface area contributed by atoms with Crippen molar-refractivity contribution in [2.75, 3.05) is 11.1 Å². The Morgan fingerprint density at radius 2 is 1.77 bits per heavy atom. The van der Waals surface area contributed by atoms with Crippen LogP contribution in [0.3, 0.4) is 0 Å². The first kappa shape index (κ1) is 16.6. The lowest BCUT2D eigenvalue weighted by molar-refractivity contribution is -0.113. The Balaban J connectivity index is 1.77. The molecule has 1 unspecified atom stereocenters. The maximum atomic E-state index is 11.9. The third-order valence-corrected chi connectivity index (χ3v) is 4.72. The fourth-order valence-electron chi connectivity index (χ4n) is 2.16. The monoisotopic (exact) mass is 313 g/mol. The summed E-state index contributed by atoms with van der Waals surface area (Å²) in [5.74, 6) is 1.95. The number of anilines is 1. The first-order chi connectivity index (χ1) is 10.7. The van der Waals surface area contributed by atoms with Gasteiger partial charge >= 0.3 is 0 Å². The normalized spacial score (nSPS) is 11.9. The number of carbonyl (C=O) groups excluding carboxylic acids is 1. The second-order valence-electron chi connectivity index (χ2n) is 5.46. The summed E-state index contributed by atoms with van der Waals surface area (Å²) in [6, 6.07) is 18.4. The van der Waals surface area contributed by atoms with Crippen molar-refractivity contribution in [1.29, 1.82) is 0 Å². The van der Waals surface area contributed by atoms with Crippen LogP contribution in [-0.4, -0.2) is 11.7 Å². The van der Waals surface area contributed by atoms with Crippen molar-refractivity contribution in [2.24, 2.45) is 0 Å². The highest BCUT2D eigenvalue weighted by Gasteiger charge is 2.05. The number of nitrogens with one attached hydrogen (secondary N) is 1. The SMILES string of the molecule is CCC(C)c1ccc(NC(=O)CSCc2ccccc2)cc1. The van der Waals surface area contributed by atoms with Gasteiger partial charge in [0.2, 0.25) is 5.91 Å². The zero-order valence-corrected chi connectivity index (χ0v) is 14.0. The highest BCUT2D eigenvalue weighted by Crippen LogP contribution is 2.20. The van der Waals surface area contributed by atoms with E-state index in [1.54, 1.807) is 11.8 Å². The van der Waals surface area contributed by atoms with Gasteiger partial charge in [-0.3, -0.25) is 4.79 Å². The van der Waals surface area contributed by atoms with E-state index in [0.717, 1.165) is 17.9 Å². The summed E-state index contributed by atoms with van der Waals surface area (Å²) < 4.78 is 0. The van der Waals surface area contributed by atoms with Crippen LogP contribution in [0, 0.1) is 0 Å². The molecule has 0 bridgehead atoms. The molecule has 0 aromatic heterocycles. The minimum absolute atomic E-state index is 0.0530. The van der Waals surface area contributed by atoms with Crippen LogP contribution in [0.1, 0.15) is 37.3 Å². The van der Waals surface area contributed by atoms with Gasteiger partial charge in [0.15, 0.2) is 0 Å². The Bertz CT molecular complexity index is 580. The molecule has 0 fully saturated rings. The molecule has 0 aliphatic carbocycles. The molecule has 0 aliphatic heterocycles. The molecule has 0 spiro atoms. The molecule has 0 saturated carbocycles. The first-order valence-corrected chi connectivity index (χ1v) is 8.86. The molecule has 2 aromatic rings. The molecule has 3 heteroatoms. The van der Waals surface area contributed by atoms with Crippen molar-refractivity contribution in [1.82, 2.24) is 0 Å². The Kier molecular flexibility index (Phi) is 6.53. The molecule has 2 nitrogen and oxygen atoms in total. The fourth-order valence-corrected chi connectivity index (χ4v) is 2.95. The van der Waals surface area contributed by atoms with E-state index in [9.17, 15) is 4.79 Å². The maximum absolute atomic E-state index is 11.9. The van der Waals surface area contributed by atoms with E-state index >= 15 is 0 Å². The van der Waals surface area contributed by atoms with E-state index in [4.69, 9.17) is 0 Å². The molecule has 1 atom stereocenters. The minimum atomic E-state index is 0.0530. The molecule has 2 rings (SSSR count). The molecule has 2 aromatic carbocycles. The van der Waals surface area contributed by atoms with Crippen LogP contribution < -0.4 is 5.32 Å². The van der Waals surface area contributed by atoms with Crippen LogP contribution in [0.4, 0.5) is 5.69 Å². The van der Waals surface area contributed by atoms with Crippen molar-refractivity contribution < 1.29 is 4.79 Å². The van der Waals surface area contributed by atoms with Gasteiger partial charge in [-0.25, -0.2) is 0 Å². The van der Waals surface area contributed by atoms with Crippen molar-refractivity contribution in [3.63, 3.8) is 0 Å². The van der Waals surface area contributed by atoms with Gasteiger partial charge in [0.05, 0.1) is 5.75 Å². The second-order valence-corrected chi connectivity index (χ2v) is 6.44. The third kappa shape index (κ3) is 5.23. The summed E-state index contributed by atoms with van der Waals surface area (Å²) >= 11 is 1.63. The molecule has 0 heterocycles. The van der Waals surface area contributed by atoms with E-state index in [1.807, 2.05) is 30.3 Å². The Morgan fingerprint density at radius 1 is 1.09 bits per heavy atom. The molecule has 0 aliphatic rings. The summed E-state index contributed by atoms with van der Waals surface area (Å²) in [7, 11) is 0. The van der Waals surface area contributed by atoms with E-state index in [1.165, 1.54) is 11.1 Å². The molecule has 0 saturated heterocycles. The van der Waals surface area contributed by atoms with Gasteiger partial charge in [0, 0.05) is 11.4 Å². The summed E-state index contributed by atoms with van der Waals surface area (Å²) in [6.45, 7) is 4.40. The number of thioether (sulfide) groups is 1. The number of benzene rings is 2. The number of carbonyl (C=O) groups is 1. The highest BCUT2D eigenvalue weighted by atomic mass is 32.2.